The summed E-state index contributed by atoms with van der Waals surface area (Å²) in [5, 5.41) is 3.04. The Morgan fingerprint density at radius 3 is 2.70 bits per heavy atom. The number of benzene rings is 2. The molecule has 4 rings (SSSR count). The molecule has 2 aliphatic rings. The minimum Gasteiger partial charge on any atom is -0.497 e. The Bertz CT molecular complexity index is 850. The largest absolute Gasteiger partial charge is 0.497 e. The molecule has 0 radical (unpaired) electrons. The number of urea groups is 1. The van der Waals surface area contributed by atoms with E-state index in [4.69, 9.17) is 4.74 Å². The average molecular weight is 365 g/mol. The van der Waals surface area contributed by atoms with E-state index in [0.717, 1.165) is 30.0 Å². The highest BCUT2D eigenvalue weighted by atomic mass is 16.5. The Morgan fingerprint density at radius 2 is 1.93 bits per heavy atom. The predicted octanol–water partition coefficient (Wildman–Crippen LogP) is 2.96. The number of aryl methyl sites for hydroxylation is 1. The predicted molar refractivity (Wildman–Crippen MR) is 104 cm³/mol. The molecule has 2 aromatic rings. The zero-order valence-corrected chi connectivity index (χ0v) is 15.4. The molecule has 0 spiro atoms. The molecule has 140 valence electrons. The van der Waals surface area contributed by atoms with Gasteiger partial charge in [0, 0.05) is 30.9 Å². The van der Waals surface area contributed by atoms with Crippen molar-refractivity contribution in [3.8, 4) is 5.75 Å². The van der Waals surface area contributed by atoms with Gasteiger partial charge in [-0.1, -0.05) is 18.2 Å². The average Bonchev–Trinajstić information content (AvgIpc) is 3.07. The molecule has 6 heteroatoms. The molecule has 2 heterocycles. The summed E-state index contributed by atoms with van der Waals surface area (Å²) in [6.45, 7) is 1.18. The first-order valence-electron chi connectivity index (χ1n) is 9.26. The number of carbonyl (C=O) groups excluding carboxylic acids is 2. The maximum Gasteiger partial charge on any atom is 0.322 e. The van der Waals surface area contributed by atoms with Crippen LogP contribution in [0.15, 0.2) is 48.5 Å². The summed E-state index contributed by atoms with van der Waals surface area (Å²) in [5.41, 5.74) is 2.99. The molecule has 2 aliphatic heterocycles. The fraction of sp³-hybridized carbons (Fsp3) is 0.333. The number of carbonyl (C=O) groups is 2. The number of anilines is 2. The number of nitrogens with zero attached hydrogens (tertiary/aromatic N) is 2. The fourth-order valence-corrected chi connectivity index (χ4v) is 3.81. The lowest BCUT2D eigenvalue weighted by molar-refractivity contribution is -0.117. The second kappa shape index (κ2) is 7.31. The van der Waals surface area contributed by atoms with Gasteiger partial charge < -0.3 is 15.0 Å². The summed E-state index contributed by atoms with van der Waals surface area (Å²) >= 11 is 0. The van der Waals surface area contributed by atoms with Gasteiger partial charge in [0.25, 0.3) is 0 Å². The second-order valence-electron chi connectivity index (χ2n) is 6.94. The van der Waals surface area contributed by atoms with E-state index in [1.54, 1.807) is 16.9 Å². The van der Waals surface area contributed by atoms with Gasteiger partial charge in [0.1, 0.15) is 5.75 Å². The summed E-state index contributed by atoms with van der Waals surface area (Å²) in [5.74, 6) is 0.767. The molecule has 0 unspecified atom stereocenters. The van der Waals surface area contributed by atoms with Gasteiger partial charge in [-0.15, -0.1) is 0 Å². The third kappa shape index (κ3) is 3.47. The normalized spacial score (nSPS) is 19.0. The molecule has 27 heavy (non-hydrogen) atoms. The fourth-order valence-electron chi connectivity index (χ4n) is 3.81. The van der Waals surface area contributed by atoms with Crippen LogP contribution in [0.4, 0.5) is 16.2 Å². The van der Waals surface area contributed by atoms with Crippen LogP contribution >= 0.6 is 0 Å². The van der Waals surface area contributed by atoms with Crippen LogP contribution in [-0.2, 0) is 11.2 Å². The van der Waals surface area contributed by atoms with Crippen LogP contribution in [0.2, 0.25) is 0 Å². The maximum atomic E-state index is 12.8. The maximum absolute atomic E-state index is 12.8. The summed E-state index contributed by atoms with van der Waals surface area (Å²) in [6.07, 6.45) is 2.26. The van der Waals surface area contributed by atoms with E-state index < -0.39 is 0 Å². The lowest BCUT2D eigenvalue weighted by Gasteiger charge is -2.30. The number of amides is 3. The van der Waals surface area contributed by atoms with E-state index in [1.165, 1.54) is 5.56 Å². The second-order valence-corrected chi connectivity index (χ2v) is 6.94. The zero-order valence-electron chi connectivity index (χ0n) is 15.4. The van der Waals surface area contributed by atoms with E-state index in [1.807, 2.05) is 42.5 Å². The Morgan fingerprint density at radius 1 is 1.15 bits per heavy atom. The molecular formula is C21H23N3O3. The molecule has 6 nitrogen and oxygen atoms in total. The minimum atomic E-state index is -0.193. The van der Waals surface area contributed by atoms with Gasteiger partial charge >= 0.3 is 6.03 Å². The summed E-state index contributed by atoms with van der Waals surface area (Å²) < 4.78 is 5.16. The van der Waals surface area contributed by atoms with Gasteiger partial charge in [-0.3, -0.25) is 9.69 Å². The van der Waals surface area contributed by atoms with Crippen LogP contribution in [0.5, 0.6) is 5.75 Å². The standard InChI is InChI=1S/C21H23N3O3/c1-27-18-10-8-17(9-11-18)24-14-16(13-20(24)25)22-21(26)23-12-4-6-15-5-2-3-7-19(15)23/h2-3,5,7-11,16H,4,6,12-14H2,1H3,(H,22,26)/t16-/m1/s1. The van der Waals surface area contributed by atoms with Crippen LogP contribution in [0.25, 0.3) is 0 Å². The van der Waals surface area contributed by atoms with E-state index in [9.17, 15) is 9.59 Å². The topological polar surface area (TPSA) is 61.9 Å². The molecule has 1 atom stereocenters. The third-order valence-corrected chi connectivity index (χ3v) is 5.19. The zero-order chi connectivity index (χ0) is 18.8. The van der Waals surface area contributed by atoms with Crippen LogP contribution in [0.3, 0.4) is 0 Å². The Balaban J connectivity index is 1.43. The summed E-state index contributed by atoms with van der Waals surface area (Å²) in [4.78, 5) is 28.8. The molecule has 0 aromatic heterocycles. The number of ether oxygens (including phenoxy) is 1. The molecule has 0 bridgehead atoms. The van der Waals surface area contributed by atoms with E-state index in [2.05, 4.69) is 11.4 Å². The van der Waals surface area contributed by atoms with Crippen molar-refractivity contribution in [1.29, 1.82) is 0 Å². The number of rotatable bonds is 3. The van der Waals surface area contributed by atoms with E-state index >= 15 is 0 Å². The van der Waals surface area contributed by atoms with Crippen molar-refractivity contribution >= 4 is 23.3 Å². The summed E-state index contributed by atoms with van der Waals surface area (Å²) in [7, 11) is 1.61. The first-order valence-corrected chi connectivity index (χ1v) is 9.26. The summed E-state index contributed by atoms with van der Waals surface area (Å²) in [6, 6.07) is 15.1. The van der Waals surface area contributed by atoms with Crippen molar-refractivity contribution in [2.75, 3.05) is 30.0 Å². The molecule has 1 N–H and O–H groups in total. The highest BCUT2D eigenvalue weighted by Gasteiger charge is 2.33. The van der Waals surface area contributed by atoms with Crippen molar-refractivity contribution in [2.24, 2.45) is 0 Å². The highest BCUT2D eigenvalue weighted by Crippen LogP contribution is 2.28. The lowest BCUT2D eigenvalue weighted by atomic mass is 10.0. The van der Waals surface area contributed by atoms with Crippen molar-refractivity contribution in [2.45, 2.75) is 25.3 Å². The van der Waals surface area contributed by atoms with Crippen molar-refractivity contribution in [1.82, 2.24) is 5.32 Å². The Kier molecular flexibility index (Phi) is 4.71. The molecule has 0 saturated carbocycles. The molecule has 3 amide bonds. The SMILES string of the molecule is COc1ccc(N2C[C@H](NC(=O)N3CCCc4ccccc43)CC2=O)cc1. The van der Waals surface area contributed by atoms with Gasteiger partial charge in [-0.05, 0) is 48.7 Å². The van der Waals surface area contributed by atoms with Crippen LogP contribution in [0, 0.1) is 0 Å². The number of nitrogens with one attached hydrogen (secondary N) is 1. The number of hydrogen-bond acceptors (Lipinski definition) is 3. The van der Waals surface area contributed by atoms with E-state index in [0.29, 0.717) is 19.5 Å². The smallest absolute Gasteiger partial charge is 0.322 e. The van der Waals surface area contributed by atoms with Crippen molar-refractivity contribution in [3.05, 3.63) is 54.1 Å². The molecule has 0 aliphatic carbocycles. The molecule has 2 aromatic carbocycles. The highest BCUT2D eigenvalue weighted by molar-refractivity contribution is 5.98. The molecule has 1 fully saturated rings. The van der Waals surface area contributed by atoms with Gasteiger partial charge in [-0.2, -0.15) is 0 Å². The Labute approximate surface area is 158 Å². The minimum absolute atomic E-state index is 0.0181. The van der Waals surface area contributed by atoms with Crippen LogP contribution < -0.4 is 19.9 Å². The van der Waals surface area contributed by atoms with Gasteiger partial charge in [0.2, 0.25) is 5.91 Å². The first kappa shape index (κ1) is 17.4. The molecular weight excluding hydrogens is 342 g/mol. The lowest BCUT2D eigenvalue weighted by Crippen LogP contribution is -2.47. The van der Waals surface area contributed by atoms with Gasteiger partial charge in [0.15, 0.2) is 0 Å². The molecule has 1 saturated heterocycles. The van der Waals surface area contributed by atoms with Crippen LogP contribution in [-0.4, -0.2) is 38.2 Å². The van der Waals surface area contributed by atoms with E-state index in [-0.39, 0.29) is 18.0 Å². The van der Waals surface area contributed by atoms with Gasteiger partial charge in [0.05, 0.1) is 13.2 Å². The number of para-hydroxylation sites is 1. The third-order valence-electron chi connectivity index (χ3n) is 5.19. The van der Waals surface area contributed by atoms with Gasteiger partial charge in [-0.25, -0.2) is 4.79 Å². The number of hydrogen-bond donors (Lipinski definition) is 1. The van der Waals surface area contributed by atoms with Crippen molar-refractivity contribution < 1.29 is 14.3 Å². The Hall–Kier alpha value is -3.02. The first-order chi connectivity index (χ1) is 13.2. The number of methoxy groups -OCH3 is 1. The monoisotopic (exact) mass is 365 g/mol. The van der Waals surface area contributed by atoms with Crippen LogP contribution in [0.1, 0.15) is 18.4 Å². The quantitative estimate of drug-likeness (QED) is 0.910. The van der Waals surface area contributed by atoms with Crippen molar-refractivity contribution in [3.63, 3.8) is 0 Å². The number of fused-ring (bicyclic) bond motifs is 1.